The predicted molar refractivity (Wildman–Crippen MR) is 81.4 cm³/mol. The Balaban J connectivity index is 1.75. The average molecular weight is 310 g/mol. The minimum absolute atomic E-state index is 0.297. The first-order chi connectivity index (χ1) is 9.63. The van der Waals surface area contributed by atoms with Gasteiger partial charge >= 0.3 is 6.03 Å². The number of nitrogens with zero attached hydrogens (tertiary/aromatic N) is 1. The van der Waals surface area contributed by atoms with E-state index in [4.69, 9.17) is 23.2 Å². The molecule has 0 unspecified atom stereocenters. The van der Waals surface area contributed by atoms with Crippen LogP contribution < -0.4 is 10.6 Å². The lowest BCUT2D eigenvalue weighted by Crippen LogP contribution is -2.30. The van der Waals surface area contributed by atoms with Gasteiger partial charge in [-0.1, -0.05) is 35.3 Å². The van der Waals surface area contributed by atoms with Crippen LogP contribution in [0.5, 0.6) is 0 Å². The number of pyridine rings is 1. The fraction of sp³-hybridized carbons (Fsp3) is 0.143. The molecule has 0 aliphatic heterocycles. The molecule has 1 aromatic carbocycles. The second kappa shape index (κ2) is 7.12. The van der Waals surface area contributed by atoms with Gasteiger partial charge in [-0.15, -0.1) is 0 Å². The number of aromatic nitrogens is 1. The molecule has 0 bridgehead atoms. The molecule has 1 aromatic heterocycles. The van der Waals surface area contributed by atoms with E-state index in [0.29, 0.717) is 22.4 Å². The highest BCUT2D eigenvalue weighted by Gasteiger charge is 2.02. The maximum atomic E-state index is 11.6. The van der Waals surface area contributed by atoms with Gasteiger partial charge in [0.25, 0.3) is 0 Å². The van der Waals surface area contributed by atoms with Gasteiger partial charge in [0.05, 0.1) is 5.02 Å². The number of anilines is 1. The standard InChI is InChI=1S/C14H13Cl2N3O/c15-11-3-1-10(2-4-11)7-8-17-14(20)19-13-6-5-12(16)9-18-13/h1-6,9H,7-8H2,(H2,17,18,19,20). The van der Waals surface area contributed by atoms with Crippen LogP contribution >= 0.6 is 23.2 Å². The second-order valence-electron chi connectivity index (χ2n) is 4.12. The zero-order valence-corrected chi connectivity index (χ0v) is 12.1. The number of hydrogen-bond acceptors (Lipinski definition) is 2. The van der Waals surface area contributed by atoms with Crippen LogP contribution in [0.2, 0.25) is 10.0 Å². The number of urea groups is 1. The van der Waals surface area contributed by atoms with Crippen LogP contribution in [-0.2, 0) is 6.42 Å². The Morgan fingerprint density at radius 2 is 1.75 bits per heavy atom. The number of benzene rings is 1. The fourth-order valence-electron chi connectivity index (χ4n) is 1.58. The van der Waals surface area contributed by atoms with Gasteiger partial charge in [0.15, 0.2) is 0 Å². The monoisotopic (exact) mass is 309 g/mol. The Hall–Kier alpha value is -1.78. The summed E-state index contributed by atoms with van der Waals surface area (Å²) in [6, 6.07) is 10.5. The second-order valence-corrected chi connectivity index (χ2v) is 4.99. The summed E-state index contributed by atoms with van der Waals surface area (Å²) in [4.78, 5) is 15.6. The summed E-state index contributed by atoms with van der Waals surface area (Å²) >= 11 is 11.5. The molecule has 0 saturated heterocycles. The van der Waals surface area contributed by atoms with Gasteiger partial charge in [-0.2, -0.15) is 0 Å². The summed E-state index contributed by atoms with van der Waals surface area (Å²) in [5.74, 6) is 0.457. The van der Waals surface area contributed by atoms with E-state index < -0.39 is 0 Å². The van der Waals surface area contributed by atoms with Gasteiger partial charge in [0.1, 0.15) is 5.82 Å². The minimum atomic E-state index is -0.297. The SMILES string of the molecule is O=C(NCCc1ccc(Cl)cc1)Nc1ccc(Cl)cn1. The summed E-state index contributed by atoms with van der Waals surface area (Å²) in [7, 11) is 0. The molecule has 0 spiro atoms. The van der Waals surface area contributed by atoms with Gasteiger partial charge in [0, 0.05) is 17.8 Å². The number of carbonyl (C=O) groups is 1. The average Bonchev–Trinajstić information content (AvgIpc) is 2.44. The number of nitrogens with one attached hydrogen (secondary N) is 2. The Morgan fingerprint density at radius 3 is 2.40 bits per heavy atom. The molecule has 0 aliphatic carbocycles. The van der Waals surface area contributed by atoms with E-state index in [1.807, 2.05) is 24.3 Å². The first kappa shape index (κ1) is 14.6. The van der Waals surface area contributed by atoms with E-state index in [9.17, 15) is 4.79 Å². The lowest BCUT2D eigenvalue weighted by Gasteiger charge is -2.07. The van der Waals surface area contributed by atoms with Crippen molar-refractivity contribution in [1.82, 2.24) is 10.3 Å². The third-order valence-electron chi connectivity index (χ3n) is 2.58. The van der Waals surface area contributed by atoms with E-state index >= 15 is 0 Å². The van der Waals surface area contributed by atoms with Gasteiger partial charge in [0.2, 0.25) is 0 Å². The van der Waals surface area contributed by atoms with Crippen LogP contribution in [0, 0.1) is 0 Å². The molecule has 20 heavy (non-hydrogen) atoms. The van der Waals surface area contributed by atoms with Gasteiger partial charge < -0.3 is 5.32 Å². The molecule has 104 valence electrons. The number of halogens is 2. The van der Waals surface area contributed by atoms with Crippen molar-refractivity contribution in [2.45, 2.75) is 6.42 Å². The lowest BCUT2D eigenvalue weighted by molar-refractivity contribution is 0.252. The third-order valence-corrected chi connectivity index (χ3v) is 3.06. The fourth-order valence-corrected chi connectivity index (χ4v) is 1.82. The number of carbonyl (C=O) groups excluding carboxylic acids is 1. The summed E-state index contributed by atoms with van der Waals surface area (Å²) in [5.41, 5.74) is 1.11. The van der Waals surface area contributed by atoms with Crippen molar-refractivity contribution < 1.29 is 4.79 Å². The molecule has 0 saturated carbocycles. The van der Waals surface area contributed by atoms with Crippen molar-refractivity contribution in [2.24, 2.45) is 0 Å². The minimum Gasteiger partial charge on any atom is -0.337 e. The van der Waals surface area contributed by atoms with Crippen molar-refractivity contribution in [1.29, 1.82) is 0 Å². The van der Waals surface area contributed by atoms with Gasteiger partial charge in [-0.3, -0.25) is 5.32 Å². The van der Waals surface area contributed by atoms with Crippen LogP contribution in [-0.4, -0.2) is 17.6 Å². The third kappa shape index (κ3) is 4.72. The smallest absolute Gasteiger partial charge is 0.320 e. The quantitative estimate of drug-likeness (QED) is 0.903. The molecule has 2 N–H and O–H groups in total. The van der Waals surface area contributed by atoms with Crippen LogP contribution in [0.4, 0.5) is 10.6 Å². The highest BCUT2D eigenvalue weighted by Crippen LogP contribution is 2.10. The zero-order valence-electron chi connectivity index (χ0n) is 10.6. The number of hydrogen-bond donors (Lipinski definition) is 2. The molecule has 2 amide bonds. The summed E-state index contributed by atoms with van der Waals surface area (Å²) in [6.07, 6.45) is 2.21. The normalized spacial score (nSPS) is 10.1. The molecule has 4 nitrogen and oxygen atoms in total. The van der Waals surface area contributed by atoms with Crippen molar-refractivity contribution in [3.05, 3.63) is 58.2 Å². The molecule has 6 heteroatoms. The van der Waals surface area contributed by atoms with E-state index in [0.717, 1.165) is 12.0 Å². The summed E-state index contributed by atoms with van der Waals surface area (Å²) < 4.78 is 0. The zero-order chi connectivity index (χ0) is 14.4. The first-order valence-electron chi connectivity index (χ1n) is 6.04. The van der Waals surface area contributed by atoms with Crippen molar-refractivity contribution >= 4 is 35.1 Å². The Kier molecular flexibility index (Phi) is 5.21. The van der Waals surface area contributed by atoms with Gasteiger partial charge in [-0.05, 0) is 36.2 Å². The van der Waals surface area contributed by atoms with Crippen LogP contribution in [0.3, 0.4) is 0 Å². The van der Waals surface area contributed by atoms with E-state index in [-0.39, 0.29) is 6.03 Å². The molecule has 1 heterocycles. The number of amides is 2. The van der Waals surface area contributed by atoms with Crippen molar-refractivity contribution in [2.75, 3.05) is 11.9 Å². The Bertz CT molecular complexity index is 570. The first-order valence-corrected chi connectivity index (χ1v) is 6.80. The predicted octanol–water partition coefficient (Wildman–Crippen LogP) is 3.75. The van der Waals surface area contributed by atoms with Crippen LogP contribution in [0.1, 0.15) is 5.56 Å². The van der Waals surface area contributed by atoms with Crippen molar-refractivity contribution in [3.63, 3.8) is 0 Å². The topological polar surface area (TPSA) is 54.0 Å². The molecule has 0 aliphatic rings. The molecule has 0 atom stereocenters. The summed E-state index contributed by atoms with van der Waals surface area (Å²) in [5, 5.41) is 6.61. The number of rotatable bonds is 4. The molecule has 0 fully saturated rings. The van der Waals surface area contributed by atoms with E-state index in [2.05, 4.69) is 15.6 Å². The van der Waals surface area contributed by atoms with E-state index in [1.165, 1.54) is 6.20 Å². The maximum Gasteiger partial charge on any atom is 0.320 e. The molecular formula is C14H13Cl2N3O. The van der Waals surface area contributed by atoms with Crippen molar-refractivity contribution in [3.8, 4) is 0 Å². The molecule has 2 aromatic rings. The largest absolute Gasteiger partial charge is 0.337 e. The van der Waals surface area contributed by atoms with Crippen LogP contribution in [0.15, 0.2) is 42.6 Å². The highest BCUT2D eigenvalue weighted by molar-refractivity contribution is 6.30. The van der Waals surface area contributed by atoms with Crippen LogP contribution in [0.25, 0.3) is 0 Å². The highest BCUT2D eigenvalue weighted by atomic mass is 35.5. The lowest BCUT2D eigenvalue weighted by atomic mass is 10.1. The molecular weight excluding hydrogens is 297 g/mol. The van der Waals surface area contributed by atoms with E-state index in [1.54, 1.807) is 12.1 Å². The molecule has 2 rings (SSSR count). The molecule has 0 radical (unpaired) electrons. The Labute approximate surface area is 127 Å². The Morgan fingerprint density at radius 1 is 1.05 bits per heavy atom. The van der Waals surface area contributed by atoms with Gasteiger partial charge in [-0.25, -0.2) is 9.78 Å². The maximum absolute atomic E-state index is 11.6. The summed E-state index contributed by atoms with van der Waals surface area (Å²) in [6.45, 7) is 0.529.